The van der Waals surface area contributed by atoms with Crippen molar-refractivity contribution in [3.8, 4) is 0 Å². The van der Waals surface area contributed by atoms with Gasteiger partial charge in [0.1, 0.15) is 12.7 Å². The van der Waals surface area contributed by atoms with Crippen molar-refractivity contribution in [1.29, 1.82) is 0 Å². The molecular formula is C32H54O3. The molecule has 3 heteroatoms. The summed E-state index contributed by atoms with van der Waals surface area (Å²) >= 11 is 0. The van der Waals surface area contributed by atoms with Crippen LogP contribution in [0.1, 0.15) is 119 Å². The van der Waals surface area contributed by atoms with E-state index in [4.69, 9.17) is 9.47 Å². The number of esters is 1. The molecule has 35 heavy (non-hydrogen) atoms. The summed E-state index contributed by atoms with van der Waals surface area (Å²) in [5.74, 6) is 3.05. The Hall–Kier alpha value is -1.09. The molecule has 3 rings (SSSR count). The fraction of sp³-hybridized carbons (Fsp3) is 0.844. The monoisotopic (exact) mass is 486 g/mol. The predicted molar refractivity (Wildman–Crippen MR) is 146 cm³/mol. The van der Waals surface area contributed by atoms with Gasteiger partial charge in [0, 0.05) is 13.0 Å². The quantitative estimate of drug-likeness (QED) is 0.290. The molecule has 0 spiro atoms. The zero-order valence-corrected chi connectivity index (χ0v) is 24.0. The Balaban J connectivity index is 1.69. The van der Waals surface area contributed by atoms with Crippen LogP contribution in [0.3, 0.4) is 0 Å². The molecule has 200 valence electrons. The van der Waals surface area contributed by atoms with Crippen molar-refractivity contribution in [2.24, 2.45) is 34.5 Å². The van der Waals surface area contributed by atoms with Crippen LogP contribution < -0.4 is 0 Å². The number of hydrogen-bond donors (Lipinski definition) is 0. The molecule has 0 heterocycles. The summed E-state index contributed by atoms with van der Waals surface area (Å²) in [6.07, 6.45) is 18.7. The van der Waals surface area contributed by atoms with Gasteiger partial charge < -0.3 is 9.47 Å². The molecule has 0 aromatic heterocycles. The van der Waals surface area contributed by atoms with E-state index in [0.717, 1.165) is 42.9 Å². The third-order valence-electron chi connectivity index (χ3n) is 9.79. The molecule has 0 saturated heterocycles. The van der Waals surface area contributed by atoms with Gasteiger partial charge in [-0.05, 0) is 86.4 Å². The minimum absolute atomic E-state index is 0.0141. The molecule has 0 N–H and O–H groups in total. The highest BCUT2D eigenvalue weighted by Crippen LogP contribution is 2.60. The molecule has 3 aliphatic rings. The number of carbonyl (C=O) groups is 1. The summed E-state index contributed by atoms with van der Waals surface area (Å²) in [6, 6.07) is 0. The van der Waals surface area contributed by atoms with Gasteiger partial charge in [0.05, 0.1) is 0 Å². The van der Waals surface area contributed by atoms with Gasteiger partial charge in [-0.3, -0.25) is 0 Å². The van der Waals surface area contributed by atoms with E-state index >= 15 is 0 Å². The molecule has 0 aliphatic heterocycles. The number of fused-ring (bicyclic) bond motifs is 1. The number of rotatable bonds is 10. The fourth-order valence-electron chi connectivity index (χ4n) is 7.58. The van der Waals surface area contributed by atoms with Crippen molar-refractivity contribution in [1.82, 2.24) is 0 Å². The van der Waals surface area contributed by atoms with E-state index in [-0.39, 0.29) is 24.1 Å². The summed E-state index contributed by atoms with van der Waals surface area (Å²) in [5, 5.41) is 0. The van der Waals surface area contributed by atoms with Gasteiger partial charge in [0.2, 0.25) is 0 Å². The predicted octanol–water partition coefficient (Wildman–Crippen LogP) is 8.68. The topological polar surface area (TPSA) is 35.5 Å². The molecule has 0 radical (unpaired) electrons. The standard InChI is InChI=1S/C32H54O3/c1-8-34-22-30(33)35-27-18-20-31(5,6)26(21-27)15-14-25-13-10-19-32(7)28(16-17-29(25)32)24(4)12-9-11-23(2)3/h14-15,23-24,27-29H,8-13,16-22H2,1-7H3/b25-14+,26-15-/t24-,27+,28-,29?,32-/m1/s1. The van der Waals surface area contributed by atoms with E-state index in [0.29, 0.717) is 12.0 Å². The van der Waals surface area contributed by atoms with Crippen LogP contribution in [0.2, 0.25) is 0 Å². The highest BCUT2D eigenvalue weighted by atomic mass is 16.6. The Morgan fingerprint density at radius 2 is 1.83 bits per heavy atom. The molecule has 0 aromatic rings. The second kappa shape index (κ2) is 12.4. The van der Waals surface area contributed by atoms with Crippen molar-refractivity contribution < 1.29 is 14.3 Å². The highest BCUT2D eigenvalue weighted by molar-refractivity contribution is 5.71. The Bertz CT molecular complexity index is 761. The van der Waals surface area contributed by atoms with Crippen LogP contribution in [-0.4, -0.2) is 25.3 Å². The van der Waals surface area contributed by atoms with Crippen LogP contribution in [0.15, 0.2) is 23.3 Å². The molecule has 3 aliphatic carbocycles. The molecule has 3 saturated carbocycles. The molecule has 3 nitrogen and oxygen atoms in total. The third kappa shape index (κ3) is 7.24. The zero-order valence-electron chi connectivity index (χ0n) is 24.0. The zero-order chi connectivity index (χ0) is 25.6. The third-order valence-corrected chi connectivity index (χ3v) is 9.79. The maximum atomic E-state index is 12.1. The number of ether oxygens (including phenoxy) is 2. The van der Waals surface area contributed by atoms with Crippen molar-refractivity contribution in [2.75, 3.05) is 13.2 Å². The average Bonchev–Trinajstić information content (AvgIpc) is 3.15. The van der Waals surface area contributed by atoms with E-state index in [9.17, 15) is 4.79 Å². The maximum absolute atomic E-state index is 12.1. The van der Waals surface area contributed by atoms with Crippen LogP contribution >= 0.6 is 0 Å². The highest BCUT2D eigenvalue weighted by Gasteiger charge is 2.50. The first-order chi connectivity index (χ1) is 16.6. The maximum Gasteiger partial charge on any atom is 0.332 e. The van der Waals surface area contributed by atoms with E-state index in [2.05, 4.69) is 53.7 Å². The van der Waals surface area contributed by atoms with Gasteiger partial charge in [0.15, 0.2) is 0 Å². The van der Waals surface area contributed by atoms with Crippen LogP contribution in [0, 0.1) is 34.5 Å². The summed E-state index contributed by atoms with van der Waals surface area (Å²) in [5.41, 5.74) is 3.77. The van der Waals surface area contributed by atoms with Gasteiger partial charge in [-0.2, -0.15) is 0 Å². The minimum Gasteiger partial charge on any atom is -0.460 e. The van der Waals surface area contributed by atoms with E-state index in [1.54, 1.807) is 5.57 Å². The second-order valence-electron chi connectivity index (χ2n) is 13.2. The lowest BCUT2D eigenvalue weighted by Crippen LogP contribution is -2.36. The summed E-state index contributed by atoms with van der Waals surface area (Å²) in [6.45, 7) is 17.1. The molecule has 0 amide bonds. The molecular weight excluding hydrogens is 432 g/mol. The lowest BCUT2D eigenvalue weighted by molar-refractivity contribution is -0.155. The van der Waals surface area contributed by atoms with Gasteiger partial charge in [-0.15, -0.1) is 0 Å². The van der Waals surface area contributed by atoms with Crippen molar-refractivity contribution in [3.63, 3.8) is 0 Å². The van der Waals surface area contributed by atoms with Crippen molar-refractivity contribution in [3.05, 3.63) is 23.3 Å². The summed E-state index contributed by atoms with van der Waals surface area (Å²) in [7, 11) is 0. The number of hydrogen-bond acceptors (Lipinski definition) is 3. The molecule has 0 aromatic carbocycles. The van der Waals surface area contributed by atoms with Gasteiger partial charge in [-0.25, -0.2) is 4.79 Å². The second-order valence-corrected chi connectivity index (χ2v) is 13.2. The Morgan fingerprint density at radius 1 is 1.06 bits per heavy atom. The summed E-state index contributed by atoms with van der Waals surface area (Å²) < 4.78 is 11.0. The number of carbonyl (C=O) groups excluding carboxylic acids is 1. The Morgan fingerprint density at radius 3 is 2.54 bits per heavy atom. The largest absolute Gasteiger partial charge is 0.460 e. The number of allylic oxidation sites excluding steroid dienone is 3. The fourth-order valence-corrected chi connectivity index (χ4v) is 7.58. The average molecular weight is 487 g/mol. The van der Waals surface area contributed by atoms with E-state index in [1.807, 2.05) is 6.92 Å². The van der Waals surface area contributed by atoms with Gasteiger partial charge in [0.25, 0.3) is 0 Å². The van der Waals surface area contributed by atoms with Crippen molar-refractivity contribution >= 4 is 5.97 Å². The normalized spacial score (nSPS) is 33.8. The van der Waals surface area contributed by atoms with E-state index in [1.165, 1.54) is 56.9 Å². The van der Waals surface area contributed by atoms with Gasteiger partial charge >= 0.3 is 5.97 Å². The summed E-state index contributed by atoms with van der Waals surface area (Å²) in [4.78, 5) is 12.1. The van der Waals surface area contributed by atoms with Crippen LogP contribution in [0.4, 0.5) is 0 Å². The van der Waals surface area contributed by atoms with Crippen LogP contribution in [0.5, 0.6) is 0 Å². The van der Waals surface area contributed by atoms with E-state index < -0.39 is 0 Å². The SMILES string of the molecule is CCOCC(=O)O[C@H]1CCC(C)(C)/C(=C\C=C2/CCC[C@@]3(C)C2CC[C@@H]3[C@H](C)CCCC(C)C)C1. The lowest BCUT2D eigenvalue weighted by Gasteiger charge is -2.44. The minimum atomic E-state index is -0.225. The molecule has 0 bridgehead atoms. The first kappa shape index (κ1) is 28.5. The molecule has 3 fully saturated rings. The van der Waals surface area contributed by atoms with Crippen LogP contribution in [0.25, 0.3) is 0 Å². The Labute approximate surface area is 216 Å². The first-order valence-electron chi connectivity index (χ1n) is 14.7. The van der Waals surface area contributed by atoms with Crippen LogP contribution in [-0.2, 0) is 14.3 Å². The first-order valence-corrected chi connectivity index (χ1v) is 14.7. The molecule has 5 atom stereocenters. The molecule has 1 unspecified atom stereocenters. The smallest absolute Gasteiger partial charge is 0.332 e. The van der Waals surface area contributed by atoms with Gasteiger partial charge in [-0.1, -0.05) is 84.1 Å². The lowest BCUT2D eigenvalue weighted by atomic mass is 9.60. The Kier molecular flexibility index (Phi) is 10.1. The van der Waals surface area contributed by atoms with Crippen molar-refractivity contribution in [2.45, 2.75) is 125 Å².